The van der Waals surface area contributed by atoms with Crippen LogP contribution in [0.2, 0.25) is 0 Å². The Bertz CT molecular complexity index is 1070. The van der Waals surface area contributed by atoms with Crippen LogP contribution in [0.25, 0.3) is 11.3 Å². The fourth-order valence-corrected chi connectivity index (χ4v) is 3.75. The van der Waals surface area contributed by atoms with Gasteiger partial charge in [0.05, 0.1) is 30.4 Å². The van der Waals surface area contributed by atoms with Crippen molar-refractivity contribution in [2.45, 2.75) is 17.7 Å². The zero-order valence-electron chi connectivity index (χ0n) is 17.5. The predicted molar refractivity (Wildman–Crippen MR) is 120 cm³/mol. The highest BCUT2D eigenvalue weighted by atomic mass is 32.2. The van der Waals surface area contributed by atoms with Crippen molar-refractivity contribution in [2.24, 2.45) is 0 Å². The molecular formula is C23H24N4O3S. The van der Waals surface area contributed by atoms with Gasteiger partial charge in [0.15, 0.2) is 0 Å². The Morgan fingerprint density at radius 3 is 2.68 bits per heavy atom. The van der Waals surface area contributed by atoms with E-state index in [1.54, 1.807) is 32.5 Å². The SMILES string of the molecule is COc1ccc(-c2ccnc(Cc3ccc(SNCCCO)c(OC)c3)n2)cc1C#N. The molecule has 0 radical (unpaired) electrons. The van der Waals surface area contributed by atoms with Crippen molar-refractivity contribution < 1.29 is 14.6 Å². The molecule has 8 heteroatoms. The number of nitrogens with one attached hydrogen (secondary N) is 1. The van der Waals surface area contributed by atoms with E-state index in [4.69, 9.17) is 14.6 Å². The quantitative estimate of drug-likeness (QED) is 0.367. The normalized spacial score (nSPS) is 10.5. The molecule has 0 aliphatic rings. The average molecular weight is 437 g/mol. The number of ether oxygens (including phenoxy) is 2. The number of aliphatic hydroxyl groups is 1. The molecule has 0 aliphatic carbocycles. The molecule has 2 aromatic carbocycles. The Labute approximate surface area is 186 Å². The van der Waals surface area contributed by atoms with Crippen LogP contribution in [-0.2, 0) is 6.42 Å². The lowest BCUT2D eigenvalue weighted by Crippen LogP contribution is -2.07. The van der Waals surface area contributed by atoms with Crippen LogP contribution in [0.3, 0.4) is 0 Å². The van der Waals surface area contributed by atoms with Crippen LogP contribution in [0.1, 0.15) is 23.4 Å². The maximum atomic E-state index is 9.33. The number of hydrogen-bond donors (Lipinski definition) is 2. The summed E-state index contributed by atoms with van der Waals surface area (Å²) in [6.45, 7) is 0.878. The van der Waals surface area contributed by atoms with E-state index in [0.29, 0.717) is 36.5 Å². The van der Waals surface area contributed by atoms with Crippen molar-refractivity contribution in [3.8, 4) is 28.8 Å². The molecule has 2 N–H and O–H groups in total. The maximum Gasteiger partial charge on any atom is 0.136 e. The first-order valence-corrected chi connectivity index (χ1v) is 10.6. The summed E-state index contributed by atoms with van der Waals surface area (Å²) < 4.78 is 14.0. The van der Waals surface area contributed by atoms with Crippen LogP contribution in [0, 0.1) is 11.3 Å². The van der Waals surface area contributed by atoms with Gasteiger partial charge < -0.3 is 14.6 Å². The molecule has 0 amide bonds. The summed E-state index contributed by atoms with van der Waals surface area (Å²) in [6, 6.07) is 15.4. The van der Waals surface area contributed by atoms with Gasteiger partial charge in [-0.25, -0.2) is 9.97 Å². The van der Waals surface area contributed by atoms with Gasteiger partial charge in [-0.2, -0.15) is 5.26 Å². The largest absolute Gasteiger partial charge is 0.496 e. The predicted octanol–water partition coefficient (Wildman–Crippen LogP) is 3.60. The number of aliphatic hydroxyl groups excluding tert-OH is 1. The van der Waals surface area contributed by atoms with E-state index in [0.717, 1.165) is 27.5 Å². The minimum atomic E-state index is 0.164. The number of nitrogens with zero attached hydrogens (tertiary/aromatic N) is 3. The van der Waals surface area contributed by atoms with E-state index in [2.05, 4.69) is 20.8 Å². The van der Waals surface area contributed by atoms with Crippen LogP contribution in [0.15, 0.2) is 53.6 Å². The van der Waals surface area contributed by atoms with Crippen molar-refractivity contribution in [3.63, 3.8) is 0 Å². The first-order valence-electron chi connectivity index (χ1n) is 9.76. The Morgan fingerprint density at radius 1 is 1.10 bits per heavy atom. The molecule has 0 saturated heterocycles. The first kappa shape index (κ1) is 22.6. The lowest BCUT2D eigenvalue weighted by Gasteiger charge is -2.11. The van der Waals surface area contributed by atoms with Crippen molar-refractivity contribution in [3.05, 3.63) is 65.6 Å². The Morgan fingerprint density at radius 2 is 1.94 bits per heavy atom. The van der Waals surface area contributed by atoms with Crippen molar-refractivity contribution in [2.75, 3.05) is 27.4 Å². The molecule has 31 heavy (non-hydrogen) atoms. The highest BCUT2D eigenvalue weighted by molar-refractivity contribution is 7.97. The van der Waals surface area contributed by atoms with E-state index < -0.39 is 0 Å². The monoisotopic (exact) mass is 436 g/mol. The van der Waals surface area contributed by atoms with E-state index in [1.807, 2.05) is 30.3 Å². The third-order valence-corrected chi connectivity index (χ3v) is 5.44. The molecule has 160 valence electrons. The first-order chi connectivity index (χ1) is 15.2. The van der Waals surface area contributed by atoms with E-state index in [-0.39, 0.29) is 6.61 Å². The van der Waals surface area contributed by atoms with Crippen LogP contribution >= 0.6 is 11.9 Å². The molecule has 0 bridgehead atoms. The van der Waals surface area contributed by atoms with E-state index >= 15 is 0 Å². The van der Waals surface area contributed by atoms with Gasteiger partial charge in [-0.05, 0) is 60.3 Å². The molecule has 0 unspecified atom stereocenters. The van der Waals surface area contributed by atoms with Gasteiger partial charge in [-0.15, -0.1) is 0 Å². The lowest BCUT2D eigenvalue weighted by molar-refractivity contribution is 0.290. The zero-order valence-corrected chi connectivity index (χ0v) is 18.3. The number of hydrogen-bond acceptors (Lipinski definition) is 8. The fourth-order valence-electron chi connectivity index (χ4n) is 2.97. The van der Waals surface area contributed by atoms with Gasteiger partial charge in [0, 0.05) is 31.3 Å². The molecule has 3 aromatic rings. The summed E-state index contributed by atoms with van der Waals surface area (Å²) in [5.74, 6) is 1.98. The van der Waals surface area contributed by atoms with Gasteiger partial charge in [-0.3, -0.25) is 4.72 Å². The standard InChI is InChI=1S/C23H24N4O3S/c1-29-20-6-5-17(14-18(20)15-24)19-8-10-25-23(27-19)13-16-4-7-22(21(12-16)30-2)31-26-9-3-11-28/h4-8,10,12,14,26,28H,3,9,11,13H2,1-2H3. The number of benzene rings is 2. The van der Waals surface area contributed by atoms with Crippen LogP contribution in [-0.4, -0.2) is 42.4 Å². The molecule has 0 fully saturated rings. The molecule has 0 saturated carbocycles. The van der Waals surface area contributed by atoms with Gasteiger partial charge in [0.1, 0.15) is 23.4 Å². The molecule has 1 aromatic heterocycles. The highest BCUT2D eigenvalue weighted by Gasteiger charge is 2.10. The number of aromatic nitrogens is 2. The van der Waals surface area contributed by atoms with Gasteiger partial charge >= 0.3 is 0 Å². The zero-order chi connectivity index (χ0) is 22.1. The molecule has 7 nitrogen and oxygen atoms in total. The molecule has 3 rings (SSSR count). The molecule has 0 spiro atoms. The maximum absolute atomic E-state index is 9.33. The Hall–Kier alpha value is -3.12. The molecule has 0 atom stereocenters. The van der Waals surface area contributed by atoms with Gasteiger partial charge in [0.25, 0.3) is 0 Å². The number of methoxy groups -OCH3 is 2. The minimum absolute atomic E-state index is 0.164. The van der Waals surface area contributed by atoms with Crippen LogP contribution in [0.4, 0.5) is 0 Å². The Balaban J connectivity index is 1.77. The second-order valence-corrected chi connectivity index (χ2v) is 7.55. The summed E-state index contributed by atoms with van der Waals surface area (Å²) in [7, 11) is 3.19. The Kier molecular flexibility index (Phi) is 8.24. The van der Waals surface area contributed by atoms with Crippen LogP contribution in [0.5, 0.6) is 11.5 Å². The smallest absolute Gasteiger partial charge is 0.136 e. The summed E-state index contributed by atoms with van der Waals surface area (Å²) in [6.07, 6.45) is 2.97. The second-order valence-electron chi connectivity index (χ2n) is 6.62. The van der Waals surface area contributed by atoms with Crippen molar-refractivity contribution in [1.82, 2.24) is 14.7 Å². The van der Waals surface area contributed by atoms with E-state index in [9.17, 15) is 5.26 Å². The molecule has 0 aliphatic heterocycles. The molecule has 1 heterocycles. The number of rotatable bonds is 10. The number of nitriles is 1. The van der Waals surface area contributed by atoms with Gasteiger partial charge in [0.2, 0.25) is 0 Å². The third-order valence-electron chi connectivity index (χ3n) is 4.53. The summed E-state index contributed by atoms with van der Waals surface area (Å²) in [5.41, 5.74) is 3.07. The van der Waals surface area contributed by atoms with Crippen molar-refractivity contribution in [1.29, 1.82) is 5.26 Å². The third kappa shape index (κ3) is 5.95. The average Bonchev–Trinajstić information content (AvgIpc) is 2.82. The fraction of sp³-hybridized carbons (Fsp3) is 0.261. The topological polar surface area (TPSA) is 100 Å². The summed E-state index contributed by atoms with van der Waals surface area (Å²) >= 11 is 1.48. The molecular weight excluding hydrogens is 412 g/mol. The van der Waals surface area contributed by atoms with Gasteiger partial charge in [-0.1, -0.05) is 6.07 Å². The minimum Gasteiger partial charge on any atom is -0.496 e. The summed E-state index contributed by atoms with van der Waals surface area (Å²) in [4.78, 5) is 10.0. The van der Waals surface area contributed by atoms with Crippen LogP contribution < -0.4 is 14.2 Å². The van der Waals surface area contributed by atoms with Crippen molar-refractivity contribution >= 4 is 11.9 Å². The highest BCUT2D eigenvalue weighted by Crippen LogP contribution is 2.29. The summed E-state index contributed by atoms with van der Waals surface area (Å²) in [5, 5.41) is 18.2. The lowest BCUT2D eigenvalue weighted by atomic mass is 10.1. The van der Waals surface area contributed by atoms with E-state index in [1.165, 1.54) is 11.9 Å². The second kappa shape index (κ2) is 11.3.